The summed E-state index contributed by atoms with van der Waals surface area (Å²) in [4.78, 5) is 19.1. The van der Waals surface area contributed by atoms with E-state index in [1.54, 1.807) is 53.0 Å². The molecule has 2 heterocycles. The molecule has 1 saturated heterocycles. The molecule has 0 bridgehead atoms. The molecule has 4 rings (SSSR count). The van der Waals surface area contributed by atoms with Crippen LogP contribution in [0.5, 0.6) is 5.75 Å². The zero-order valence-corrected chi connectivity index (χ0v) is 21.5. The largest absolute Gasteiger partial charge is 0.497 e. The number of carbonyl (C=O) groups excluding carboxylic acids is 1. The molecule has 1 aromatic heterocycles. The maximum absolute atomic E-state index is 14.3. The number of hydrogen-bond donors (Lipinski definition) is 0. The Kier molecular flexibility index (Phi) is 8.40. The molecule has 1 aliphatic rings. The number of ether oxygens (including phenoxy) is 2. The summed E-state index contributed by atoms with van der Waals surface area (Å²) in [5, 5.41) is -0.170. The van der Waals surface area contributed by atoms with Gasteiger partial charge in [0.05, 0.1) is 43.9 Å². The molecule has 0 radical (unpaired) electrons. The number of hydrogen-bond acceptors (Lipinski definition) is 6. The van der Waals surface area contributed by atoms with E-state index in [1.807, 2.05) is 0 Å². The monoisotopic (exact) mass is 527 g/mol. The standard InChI is InChI=1S/C27H30FN3O5S/c1-3-14-30(26(32)20-10-12-23(35-2)13-11-20)17-22-16-29-27(31(22)18-24-8-6-15-36-24)37(33,34)19-21-7-4-5-9-25(21)28/h3-5,7,9-13,16,24H,1,6,8,14-15,17-19H2,2H3/t24-/m1/s1. The molecular weight excluding hydrogens is 497 g/mol. The molecule has 37 heavy (non-hydrogen) atoms. The van der Waals surface area contributed by atoms with Gasteiger partial charge in [0.15, 0.2) is 0 Å². The van der Waals surface area contributed by atoms with E-state index in [0.717, 1.165) is 12.8 Å². The molecule has 2 aromatic carbocycles. The van der Waals surface area contributed by atoms with Gasteiger partial charge in [0.25, 0.3) is 5.91 Å². The lowest BCUT2D eigenvalue weighted by Gasteiger charge is -2.23. The topological polar surface area (TPSA) is 90.7 Å². The molecule has 1 aliphatic heterocycles. The zero-order valence-electron chi connectivity index (χ0n) is 20.7. The number of methoxy groups -OCH3 is 1. The predicted molar refractivity (Wildman–Crippen MR) is 136 cm³/mol. The van der Waals surface area contributed by atoms with Crippen LogP contribution < -0.4 is 4.74 Å². The van der Waals surface area contributed by atoms with Gasteiger partial charge in [-0.15, -0.1) is 6.58 Å². The number of rotatable bonds is 11. The Morgan fingerprint density at radius 3 is 2.68 bits per heavy atom. The minimum Gasteiger partial charge on any atom is -0.497 e. The van der Waals surface area contributed by atoms with E-state index in [0.29, 0.717) is 23.6 Å². The van der Waals surface area contributed by atoms with E-state index in [4.69, 9.17) is 9.47 Å². The Balaban J connectivity index is 1.66. The third kappa shape index (κ3) is 6.26. The van der Waals surface area contributed by atoms with Crippen molar-refractivity contribution in [1.29, 1.82) is 0 Å². The van der Waals surface area contributed by atoms with Gasteiger partial charge < -0.3 is 18.9 Å². The first kappa shape index (κ1) is 26.6. The van der Waals surface area contributed by atoms with Crippen molar-refractivity contribution in [3.8, 4) is 5.75 Å². The van der Waals surface area contributed by atoms with Crippen molar-refractivity contribution in [2.45, 2.75) is 42.9 Å². The fourth-order valence-electron chi connectivity index (χ4n) is 4.33. The Hall–Kier alpha value is -3.50. The van der Waals surface area contributed by atoms with Crippen LogP contribution in [0.3, 0.4) is 0 Å². The van der Waals surface area contributed by atoms with E-state index in [1.165, 1.54) is 24.4 Å². The van der Waals surface area contributed by atoms with Crippen molar-refractivity contribution in [2.24, 2.45) is 0 Å². The van der Waals surface area contributed by atoms with Crippen LogP contribution in [0.1, 0.15) is 34.5 Å². The maximum atomic E-state index is 14.3. The SMILES string of the molecule is C=CCN(Cc1cnc(S(=O)(=O)Cc2ccccc2F)n1C[C@H]1CCCO1)C(=O)c1ccc(OC)cc1. The van der Waals surface area contributed by atoms with E-state index < -0.39 is 21.4 Å². The molecule has 0 spiro atoms. The van der Waals surface area contributed by atoms with Crippen molar-refractivity contribution in [3.05, 3.63) is 90.0 Å². The number of nitrogens with zero attached hydrogens (tertiary/aromatic N) is 3. The van der Waals surface area contributed by atoms with Gasteiger partial charge in [-0.25, -0.2) is 17.8 Å². The summed E-state index contributed by atoms with van der Waals surface area (Å²) in [7, 11) is -2.45. The van der Waals surface area contributed by atoms with E-state index >= 15 is 0 Å². The summed E-state index contributed by atoms with van der Waals surface area (Å²) >= 11 is 0. The minimum atomic E-state index is -4.00. The van der Waals surface area contributed by atoms with Crippen LogP contribution in [0.2, 0.25) is 0 Å². The Morgan fingerprint density at radius 1 is 1.27 bits per heavy atom. The first-order valence-corrected chi connectivity index (χ1v) is 13.6. The van der Waals surface area contributed by atoms with Crippen LogP contribution in [-0.4, -0.2) is 55.1 Å². The van der Waals surface area contributed by atoms with Crippen molar-refractivity contribution >= 4 is 15.7 Å². The quantitative estimate of drug-likeness (QED) is 0.350. The number of amides is 1. The number of sulfone groups is 1. The third-order valence-corrected chi connectivity index (χ3v) is 7.79. The van der Waals surface area contributed by atoms with Gasteiger partial charge in [-0.1, -0.05) is 24.3 Å². The average Bonchev–Trinajstić information content (AvgIpc) is 3.55. The lowest BCUT2D eigenvalue weighted by Crippen LogP contribution is -2.32. The molecular formula is C27H30FN3O5S. The molecule has 0 unspecified atom stereocenters. The lowest BCUT2D eigenvalue weighted by molar-refractivity contribution is 0.0751. The molecule has 0 N–H and O–H groups in total. The highest BCUT2D eigenvalue weighted by molar-refractivity contribution is 7.90. The van der Waals surface area contributed by atoms with Crippen LogP contribution in [0.25, 0.3) is 0 Å². The summed E-state index contributed by atoms with van der Waals surface area (Å²) in [6.07, 6.45) is 4.55. The highest BCUT2D eigenvalue weighted by Crippen LogP contribution is 2.24. The number of carbonyl (C=O) groups is 1. The van der Waals surface area contributed by atoms with Crippen LogP contribution in [0.15, 0.2) is 72.5 Å². The molecule has 8 nitrogen and oxygen atoms in total. The molecule has 196 valence electrons. The summed E-state index contributed by atoms with van der Waals surface area (Å²) in [6, 6.07) is 12.5. The van der Waals surface area contributed by atoms with Crippen molar-refractivity contribution in [2.75, 3.05) is 20.3 Å². The number of imidazole rings is 1. The van der Waals surface area contributed by atoms with Gasteiger partial charge in [-0.05, 0) is 43.2 Å². The van der Waals surface area contributed by atoms with Gasteiger partial charge in [-0.2, -0.15) is 0 Å². The minimum absolute atomic E-state index is 0.0682. The predicted octanol–water partition coefficient (Wildman–Crippen LogP) is 4.01. The average molecular weight is 528 g/mol. The lowest BCUT2D eigenvalue weighted by atomic mass is 10.2. The third-order valence-electron chi connectivity index (χ3n) is 6.22. The van der Waals surface area contributed by atoms with Gasteiger partial charge in [-0.3, -0.25) is 4.79 Å². The van der Waals surface area contributed by atoms with Gasteiger partial charge in [0.1, 0.15) is 11.6 Å². The van der Waals surface area contributed by atoms with Gasteiger partial charge >= 0.3 is 0 Å². The highest BCUT2D eigenvalue weighted by atomic mass is 32.2. The summed E-state index contributed by atoms with van der Waals surface area (Å²) in [6.45, 7) is 4.97. The molecule has 1 atom stereocenters. The number of benzene rings is 2. The molecule has 10 heteroatoms. The fraction of sp³-hybridized carbons (Fsp3) is 0.333. The first-order valence-electron chi connectivity index (χ1n) is 12.0. The van der Waals surface area contributed by atoms with Crippen molar-refractivity contribution < 1.29 is 27.1 Å². The van der Waals surface area contributed by atoms with Crippen molar-refractivity contribution in [1.82, 2.24) is 14.5 Å². The van der Waals surface area contributed by atoms with Crippen molar-refractivity contribution in [3.63, 3.8) is 0 Å². The molecule has 3 aromatic rings. The van der Waals surface area contributed by atoms with E-state index in [9.17, 15) is 17.6 Å². The van der Waals surface area contributed by atoms with Crippen LogP contribution in [0.4, 0.5) is 4.39 Å². The molecule has 1 fully saturated rings. The first-order chi connectivity index (χ1) is 17.8. The Morgan fingerprint density at radius 2 is 2.03 bits per heavy atom. The van der Waals surface area contributed by atoms with Crippen LogP contribution in [-0.2, 0) is 33.4 Å². The Bertz CT molecular complexity index is 1350. The van der Waals surface area contributed by atoms with E-state index in [2.05, 4.69) is 11.6 Å². The van der Waals surface area contributed by atoms with Gasteiger partial charge in [0.2, 0.25) is 15.0 Å². The maximum Gasteiger partial charge on any atom is 0.254 e. The normalized spacial score (nSPS) is 15.5. The van der Waals surface area contributed by atoms with E-state index in [-0.39, 0.29) is 42.4 Å². The van der Waals surface area contributed by atoms with Gasteiger partial charge in [0, 0.05) is 24.3 Å². The number of halogens is 1. The fourth-order valence-corrected chi connectivity index (χ4v) is 5.84. The van der Waals surface area contributed by atoms with Crippen LogP contribution >= 0.6 is 0 Å². The molecule has 0 saturated carbocycles. The second kappa shape index (κ2) is 11.7. The second-order valence-corrected chi connectivity index (χ2v) is 10.7. The number of aromatic nitrogens is 2. The highest BCUT2D eigenvalue weighted by Gasteiger charge is 2.29. The second-order valence-electron chi connectivity index (χ2n) is 8.83. The molecule has 0 aliphatic carbocycles. The summed E-state index contributed by atoms with van der Waals surface area (Å²) in [5.41, 5.74) is 1.06. The van der Waals surface area contributed by atoms with Crippen LogP contribution in [0, 0.1) is 5.82 Å². The molecule has 1 amide bonds. The smallest absolute Gasteiger partial charge is 0.254 e. The zero-order chi connectivity index (χ0) is 26.4. The summed E-state index contributed by atoms with van der Waals surface area (Å²) < 4.78 is 53.6. The summed E-state index contributed by atoms with van der Waals surface area (Å²) in [5.74, 6) is -0.733. The Labute approximate surface area is 216 Å².